The van der Waals surface area contributed by atoms with E-state index in [-0.39, 0.29) is 36.3 Å². The van der Waals surface area contributed by atoms with Crippen LogP contribution in [0.4, 0.5) is 8.78 Å². The fourth-order valence-electron chi connectivity index (χ4n) is 2.15. The second kappa shape index (κ2) is 11.8. The maximum Gasteiger partial charge on any atom is 0.387 e. The lowest BCUT2D eigenvalue weighted by molar-refractivity contribution is -0.0504. The zero-order chi connectivity index (χ0) is 18.9. The summed E-state index contributed by atoms with van der Waals surface area (Å²) in [6.07, 6.45) is 1.64. The molecule has 0 amide bonds. The van der Waals surface area contributed by atoms with Crippen molar-refractivity contribution in [2.24, 2.45) is 4.99 Å². The van der Waals surface area contributed by atoms with Crippen LogP contribution in [0.3, 0.4) is 0 Å². The zero-order valence-electron chi connectivity index (χ0n) is 14.7. The Bertz CT molecular complexity index is 765. The van der Waals surface area contributed by atoms with Crippen molar-refractivity contribution in [1.82, 2.24) is 15.6 Å². The van der Waals surface area contributed by atoms with Gasteiger partial charge in [0.05, 0.1) is 7.11 Å². The first-order valence-electron chi connectivity index (χ1n) is 7.68. The largest absolute Gasteiger partial charge is 0.481 e. The number of hydrogen-bond donors (Lipinski definition) is 2. The van der Waals surface area contributed by atoms with Crippen molar-refractivity contribution >= 4 is 41.5 Å². The topological polar surface area (TPSA) is 67.8 Å². The maximum atomic E-state index is 12.5. The molecule has 0 saturated carbocycles. The Labute approximate surface area is 178 Å². The lowest BCUT2D eigenvalue weighted by Crippen LogP contribution is -2.36. The van der Waals surface area contributed by atoms with Crippen molar-refractivity contribution in [2.45, 2.75) is 19.7 Å². The molecular weight excluding hydrogens is 493 g/mol. The molecule has 0 aliphatic rings. The molecule has 6 nitrogen and oxygen atoms in total. The average molecular weight is 513 g/mol. The van der Waals surface area contributed by atoms with Crippen molar-refractivity contribution in [1.29, 1.82) is 0 Å². The standard InChI is InChI=1S/C17H19ClF2N4O2.HI/c1-21-17(23-9-11-5-6-22-15(7-11)25-2)24-10-12-8-13(18)3-4-14(12)26-16(19)20;/h3-8,16H,9-10H2,1-2H3,(H2,21,23,24);1H. The second-order valence-corrected chi connectivity index (χ2v) is 5.55. The minimum atomic E-state index is -2.91. The molecule has 0 spiro atoms. The molecule has 0 fully saturated rings. The van der Waals surface area contributed by atoms with E-state index in [0.29, 0.717) is 29.0 Å². The first-order chi connectivity index (χ1) is 12.5. The van der Waals surface area contributed by atoms with Gasteiger partial charge in [0.25, 0.3) is 0 Å². The Morgan fingerprint density at radius 2 is 1.96 bits per heavy atom. The van der Waals surface area contributed by atoms with Crippen LogP contribution in [0.15, 0.2) is 41.5 Å². The third kappa shape index (κ3) is 7.71. The van der Waals surface area contributed by atoms with Crippen molar-refractivity contribution in [3.05, 3.63) is 52.7 Å². The van der Waals surface area contributed by atoms with Crippen LogP contribution in [0.25, 0.3) is 0 Å². The molecule has 0 saturated heterocycles. The number of ether oxygens (including phenoxy) is 2. The van der Waals surface area contributed by atoms with Gasteiger partial charge in [-0.3, -0.25) is 4.99 Å². The minimum absolute atomic E-state index is 0. The van der Waals surface area contributed by atoms with Gasteiger partial charge in [-0.1, -0.05) is 11.6 Å². The van der Waals surface area contributed by atoms with E-state index in [1.165, 1.54) is 12.1 Å². The highest BCUT2D eigenvalue weighted by Gasteiger charge is 2.11. The van der Waals surface area contributed by atoms with Gasteiger partial charge in [-0.25, -0.2) is 4.98 Å². The molecule has 0 radical (unpaired) electrons. The van der Waals surface area contributed by atoms with E-state index in [4.69, 9.17) is 16.3 Å². The predicted octanol–water partition coefficient (Wildman–Crippen LogP) is 3.83. The summed E-state index contributed by atoms with van der Waals surface area (Å²) in [6.45, 7) is -2.22. The normalized spacial score (nSPS) is 11.0. The fraction of sp³-hybridized carbons (Fsp3) is 0.294. The van der Waals surface area contributed by atoms with E-state index in [1.54, 1.807) is 32.5 Å². The third-order valence-electron chi connectivity index (χ3n) is 3.38. The predicted molar refractivity (Wildman–Crippen MR) is 111 cm³/mol. The molecule has 1 aromatic carbocycles. The number of alkyl halides is 2. The van der Waals surface area contributed by atoms with Crippen LogP contribution in [0.1, 0.15) is 11.1 Å². The van der Waals surface area contributed by atoms with Crippen LogP contribution < -0.4 is 20.1 Å². The summed E-state index contributed by atoms with van der Waals surface area (Å²) in [6, 6.07) is 8.10. The number of halogens is 4. The van der Waals surface area contributed by atoms with Gasteiger partial charge < -0.3 is 20.1 Å². The first kappa shape index (κ1) is 23.2. The van der Waals surface area contributed by atoms with Gasteiger partial charge in [0.2, 0.25) is 5.88 Å². The molecule has 1 heterocycles. The number of nitrogens with one attached hydrogen (secondary N) is 2. The number of nitrogens with zero attached hydrogens (tertiary/aromatic N) is 2. The Hall–Kier alpha value is -1.88. The highest BCUT2D eigenvalue weighted by Crippen LogP contribution is 2.24. The Morgan fingerprint density at radius 3 is 2.63 bits per heavy atom. The van der Waals surface area contributed by atoms with Crippen LogP contribution in [0.5, 0.6) is 11.6 Å². The highest BCUT2D eigenvalue weighted by atomic mass is 127. The van der Waals surface area contributed by atoms with Crippen LogP contribution in [-0.2, 0) is 13.1 Å². The summed E-state index contributed by atoms with van der Waals surface area (Å²) in [4.78, 5) is 8.14. The number of benzene rings is 1. The van der Waals surface area contributed by atoms with Gasteiger partial charge in [0, 0.05) is 43.0 Å². The van der Waals surface area contributed by atoms with E-state index in [9.17, 15) is 8.78 Å². The van der Waals surface area contributed by atoms with E-state index in [0.717, 1.165) is 5.56 Å². The zero-order valence-corrected chi connectivity index (χ0v) is 17.8. The highest BCUT2D eigenvalue weighted by molar-refractivity contribution is 14.0. The van der Waals surface area contributed by atoms with Gasteiger partial charge in [-0.2, -0.15) is 8.78 Å². The number of aliphatic imine (C=N–C) groups is 1. The molecule has 2 aromatic rings. The molecule has 1 aromatic heterocycles. The molecule has 10 heteroatoms. The lowest BCUT2D eigenvalue weighted by atomic mass is 10.2. The monoisotopic (exact) mass is 512 g/mol. The van der Waals surface area contributed by atoms with Gasteiger partial charge in [-0.05, 0) is 29.8 Å². The van der Waals surface area contributed by atoms with Crippen molar-refractivity contribution in [2.75, 3.05) is 14.2 Å². The molecule has 0 bridgehead atoms. The quantitative estimate of drug-likeness (QED) is 0.335. The fourth-order valence-corrected chi connectivity index (χ4v) is 2.35. The summed E-state index contributed by atoms with van der Waals surface area (Å²) in [5.41, 5.74) is 1.44. The van der Waals surface area contributed by atoms with Crippen LogP contribution >= 0.6 is 35.6 Å². The maximum absolute atomic E-state index is 12.5. The van der Waals surface area contributed by atoms with Gasteiger partial charge in [0.15, 0.2) is 5.96 Å². The van der Waals surface area contributed by atoms with Gasteiger partial charge in [0.1, 0.15) is 5.75 Å². The smallest absolute Gasteiger partial charge is 0.387 e. The van der Waals surface area contributed by atoms with Crippen LogP contribution in [-0.4, -0.2) is 31.7 Å². The molecule has 2 rings (SSSR count). The first-order valence-corrected chi connectivity index (χ1v) is 8.06. The van der Waals surface area contributed by atoms with E-state index >= 15 is 0 Å². The second-order valence-electron chi connectivity index (χ2n) is 5.12. The van der Waals surface area contributed by atoms with Gasteiger partial charge in [-0.15, -0.1) is 24.0 Å². The SMILES string of the molecule is CN=C(NCc1ccnc(OC)c1)NCc1cc(Cl)ccc1OC(F)F.I. The summed E-state index contributed by atoms with van der Waals surface area (Å²) in [5, 5.41) is 6.58. The van der Waals surface area contributed by atoms with Crippen LogP contribution in [0, 0.1) is 0 Å². The molecule has 27 heavy (non-hydrogen) atoms. The molecular formula is C17H20ClF2IN4O2. The summed E-state index contributed by atoms with van der Waals surface area (Å²) < 4.78 is 34.6. The lowest BCUT2D eigenvalue weighted by Gasteiger charge is -2.15. The third-order valence-corrected chi connectivity index (χ3v) is 3.61. The molecule has 0 aliphatic carbocycles. The van der Waals surface area contributed by atoms with E-state index in [1.807, 2.05) is 6.07 Å². The Balaban J connectivity index is 0.00000364. The number of rotatable bonds is 7. The number of pyridine rings is 1. The minimum Gasteiger partial charge on any atom is -0.481 e. The molecule has 148 valence electrons. The molecule has 0 atom stereocenters. The van der Waals surface area contributed by atoms with Crippen molar-refractivity contribution in [3.8, 4) is 11.6 Å². The number of methoxy groups -OCH3 is 1. The summed E-state index contributed by atoms with van der Waals surface area (Å²) in [5.74, 6) is 1.06. The Morgan fingerprint density at radius 1 is 1.22 bits per heavy atom. The van der Waals surface area contributed by atoms with E-state index in [2.05, 4.69) is 25.3 Å². The average Bonchev–Trinajstić information content (AvgIpc) is 2.63. The summed E-state index contributed by atoms with van der Waals surface area (Å²) in [7, 11) is 3.15. The Kier molecular flexibility index (Phi) is 10.1. The van der Waals surface area contributed by atoms with Crippen molar-refractivity contribution in [3.63, 3.8) is 0 Å². The number of aromatic nitrogens is 1. The van der Waals surface area contributed by atoms with E-state index < -0.39 is 6.61 Å². The van der Waals surface area contributed by atoms with Crippen molar-refractivity contribution < 1.29 is 18.3 Å². The molecule has 0 aliphatic heterocycles. The summed E-state index contributed by atoms with van der Waals surface area (Å²) >= 11 is 5.94. The molecule has 2 N–H and O–H groups in total. The van der Waals surface area contributed by atoms with Gasteiger partial charge >= 0.3 is 6.61 Å². The van der Waals surface area contributed by atoms with Crippen LogP contribution in [0.2, 0.25) is 5.02 Å². The molecule has 0 unspecified atom stereocenters. The number of hydrogen-bond acceptors (Lipinski definition) is 4. The number of guanidine groups is 1.